The number of ether oxygens (including phenoxy) is 2. The lowest BCUT2D eigenvalue weighted by Crippen LogP contribution is -2.04. The van der Waals surface area contributed by atoms with Crippen LogP contribution in [0.3, 0.4) is 0 Å². The highest BCUT2D eigenvalue weighted by Crippen LogP contribution is 2.25. The Bertz CT molecular complexity index is 1280. The maximum absolute atomic E-state index is 11.4. The fourth-order valence-electron chi connectivity index (χ4n) is 3.07. The van der Waals surface area contributed by atoms with E-state index in [1.54, 1.807) is 13.8 Å². The summed E-state index contributed by atoms with van der Waals surface area (Å²) in [7, 11) is 0. The van der Waals surface area contributed by atoms with E-state index in [0.717, 1.165) is 33.4 Å². The second-order valence-corrected chi connectivity index (χ2v) is 8.05. The highest BCUT2D eigenvalue weighted by Gasteiger charge is 2.03. The summed E-state index contributed by atoms with van der Waals surface area (Å²) < 4.78 is 9.94. The minimum absolute atomic E-state index is 0.0351. The molecule has 3 rings (SSSR count). The van der Waals surface area contributed by atoms with Gasteiger partial charge >= 0.3 is 11.9 Å². The van der Waals surface area contributed by atoms with Crippen LogP contribution in [-0.4, -0.2) is 25.2 Å². The molecule has 0 N–H and O–H groups in total. The van der Waals surface area contributed by atoms with Crippen LogP contribution in [0.25, 0.3) is 22.3 Å². The molecule has 4 heteroatoms. The lowest BCUT2D eigenvalue weighted by molar-refractivity contribution is -0.138. The Morgan fingerprint density at radius 3 is 1.14 bits per heavy atom. The van der Waals surface area contributed by atoms with Gasteiger partial charge < -0.3 is 9.47 Å². The quantitative estimate of drug-likeness (QED) is 0.251. The van der Waals surface area contributed by atoms with E-state index in [2.05, 4.69) is 61.1 Å². The maximum atomic E-state index is 11.4. The van der Waals surface area contributed by atoms with Gasteiger partial charge in [-0.05, 0) is 60.4 Å². The largest absolute Gasteiger partial charge is 0.449 e. The molecule has 0 aromatic heterocycles. The average Bonchev–Trinajstić information content (AvgIpc) is 2.89. The first kappa shape index (κ1) is 25.8. The van der Waals surface area contributed by atoms with Crippen molar-refractivity contribution in [1.82, 2.24) is 0 Å². The van der Waals surface area contributed by atoms with Crippen molar-refractivity contribution in [2.24, 2.45) is 0 Å². The molecule has 0 spiro atoms. The van der Waals surface area contributed by atoms with E-state index >= 15 is 0 Å². The third kappa shape index (κ3) is 7.62. The minimum atomic E-state index is -0.438. The van der Waals surface area contributed by atoms with Gasteiger partial charge in [0, 0.05) is 22.3 Å². The predicted molar refractivity (Wildman–Crippen MR) is 143 cm³/mol. The minimum Gasteiger partial charge on any atom is -0.449 e. The number of carbonyl (C=O) groups is 2. The maximum Gasteiger partial charge on any atom is 0.334 e. The van der Waals surface area contributed by atoms with Crippen LogP contribution in [-0.2, 0) is 19.1 Å². The van der Waals surface area contributed by atoms with Gasteiger partial charge in [-0.25, -0.2) is 9.59 Å². The van der Waals surface area contributed by atoms with E-state index in [9.17, 15) is 9.59 Å². The third-order valence-corrected chi connectivity index (χ3v) is 5.03. The molecule has 178 valence electrons. The molecule has 0 radical (unpaired) electrons. The molecule has 4 nitrogen and oxygen atoms in total. The number of rotatable bonds is 6. The Balaban J connectivity index is 1.58. The molecule has 0 saturated heterocycles. The summed E-state index contributed by atoms with van der Waals surface area (Å²) in [4.78, 5) is 22.7. The third-order valence-electron chi connectivity index (χ3n) is 5.03. The summed E-state index contributed by atoms with van der Waals surface area (Å²) in [6, 6.07) is 24.1. The molecule has 0 aliphatic heterocycles. The zero-order chi connectivity index (χ0) is 25.9. The van der Waals surface area contributed by atoms with Gasteiger partial charge in [0.1, 0.15) is 0 Å². The molecule has 3 aromatic rings. The molecular formula is C32H26O4. The number of benzene rings is 3. The molecular weight excluding hydrogens is 448 g/mol. The highest BCUT2D eigenvalue weighted by atomic mass is 16.5. The van der Waals surface area contributed by atoms with Crippen LogP contribution < -0.4 is 0 Å². The number of hydrogen-bond donors (Lipinski definition) is 0. The van der Waals surface area contributed by atoms with Crippen molar-refractivity contribution in [3.8, 4) is 45.9 Å². The summed E-state index contributed by atoms with van der Waals surface area (Å²) >= 11 is 0. The highest BCUT2D eigenvalue weighted by molar-refractivity contribution is 5.87. The van der Waals surface area contributed by atoms with Crippen molar-refractivity contribution in [3.63, 3.8) is 0 Å². The second kappa shape index (κ2) is 12.6. The first-order valence-electron chi connectivity index (χ1n) is 11.3. The zero-order valence-corrected chi connectivity index (χ0v) is 20.4. The Hall–Kier alpha value is -4.80. The van der Waals surface area contributed by atoms with Gasteiger partial charge in [0.25, 0.3) is 0 Å². The molecule has 3 aromatic carbocycles. The topological polar surface area (TPSA) is 52.6 Å². The fourth-order valence-corrected chi connectivity index (χ4v) is 3.07. The number of carbonyl (C=O) groups excluding carboxylic acids is 2. The summed E-state index contributed by atoms with van der Waals surface area (Å²) in [5.74, 6) is 10.8. The van der Waals surface area contributed by atoms with Crippen molar-refractivity contribution < 1.29 is 19.1 Å². The first-order valence-corrected chi connectivity index (χ1v) is 11.3. The molecule has 0 atom stereocenters. The van der Waals surface area contributed by atoms with Crippen molar-refractivity contribution >= 4 is 11.9 Å². The smallest absolute Gasteiger partial charge is 0.334 e. The fraction of sp³-hybridized carbons (Fsp3) is 0.125. The summed E-state index contributed by atoms with van der Waals surface area (Å²) in [5.41, 5.74) is 6.76. The van der Waals surface area contributed by atoms with E-state index < -0.39 is 11.9 Å². The van der Waals surface area contributed by atoms with E-state index in [-0.39, 0.29) is 13.2 Å². The lowest BCUT2D eigenvalue weighted by Gasteiger charge is -2.06. The van der Waals surface area contributed by atoms with Crippen LogP contribution in [0.4, 0.5) is 0 Å². The molecule has 0 amide bonds. The molecule has 0 unspecified atom stereocenters. The monoisotopic (exact) mass is 474 g/mol. The van der Waals surface area contributed by atoms with Crippen LogP contribution in [0.15, 0.2) is 97.1 Å². The standard InChI is InChI=1S/C32H26O4/c1-23(2)31(33)35-21-5-7-25-9-13-27(14-10-25)29-17-19-30(20-18-29)28-15-11-26(12-16-28)8-6-22-36-32(34)24(3)4/h9-20H,1,3,21-22H2,2,4H3. The van der Waals surface area contributed by atoms with Gasteiger partial charge in [-0.15, -0.1) is 0 Å². The SMILES string of the molecule is C=C(C)C(=O)OCC#Cc1ccc(-c2ccc(-c3ccc(C#CCOC(=O)C(=C)C)cc3)cc2)cc1. The summed E-state index contributed by atoms with van der Waals surface area (Å²) in [6.45, 7) is 10.3. The molecule has 0 aliphatic rings. The van der Waals surface area contributed by atoms with Crippen molar-refractivity contribution in [2.45, 2.75) is 13.8 Å². The second-order valence-electron chi connectivity index (χ2n) is 8.05. The van der Waals surface area contributed by atoms with Crippen molar-refractivity contribution in [3.05, 3.63) is 108 Å². The Morgan fingerprint density at radius 1 is 0.583 bits per heavy atom. The lowest BCUT2D eigenvalue weighted by atomic mass is 9.99. The van der Waals surface area contributed by atoms with E-state index in [4.69, 9.17) is 9.47 Å². The van der Waals surface area contributed by atoms with Gasteiger partial charge in [-0.2, -0.15) is 0 Å². The van der Waals surface area contributed by atoms with Crippen LogP contribution in [0.5, 0.6) is 0 Å². The van der Waals surface area contributed by atoms with Gasteiger partial charge in [-0.1, -0.05) is 85.4 Å². The molecule has 0 fully saturated rings. The van der Waals surface area contributed by atoms with Gasteiger partial charge in [0.15, 0.2) is 13.2 Å². The molecule has 0 heterocycles. The van der Waals surface area contributed by atoms with Crippen LogP contribution in [0.2, 0.25) is 0 Å². The normalized spacial score (nSPS) is 9.61. The Labute approximate surface area is 212 Å². The summed E-state index contributed by atoms with van der Waals surface area (Å²) in [6.07, 6.45) is 0. The predicted octanol–water partition coefficient (Wildman–Crippen LogP) is 5.96. The van der Waals surface area contributed by atoms with E-state index in [1.807, 2.05) is 48.5 Å². The molecule has 0 saturated carbocycles. The van der Waals surface area contributed by atoms with Crippen LogP contribution in [0, 0.1) is 23.7 Å². The number of hydrogen-bond acceptors (Lipinski definition) is 4. The van der Waals surface area contributed by atoms with E-state index in [0.29, 0.717) is 11.1 Å². The van der Waals surface area contributed by atoms with Crippen molar-refractivity contribution in [2.75, 3.05) is 13.2 Å². The van der Waals surface area contributed by atoms with Gasteiger partial charge in [0.05, 0.1) is 0 Å². The van der Waals surface area contributed by atoms with Crippen LogP contribution in [0.1, 0.15) is 25.0 Å². The Morgan fingerprint density at radius 2 is 0.861 bits per heavy atom. The van der Waals surface area contributed by atoms with E-state index in [1.165, 1.54) is 0 Å². The van der Waals surface area contributed by atoms with Crippen LogP contribution >= 0.6 is 0 Å². The first-order chi connectivity index (χ1) is 17.3. The molecule has 0 aliphatic carbocycles. The van der Waals surface area contributed by atoms with Crippen molar-refractivity contribution in [1.29, 1.82) is 0 Å². The Kier molecular flexibility index (Phi) is 9.04. The molecule has 0 bridgehead atoms. The average molecular weight is 475 g/mol. The summed E-state index contributed by atoms with van der Waals surface area (Å²) in [5, 5.41) is 0. The molecule has 36 heavy (non-hydrogen) atoms. The van der Waals surface area contributed by atoms with Gasteiger partial charge in [0.2, 0.25) is 0 Å². The number of esters is 2. The van der Waals surface area contributed by atoms with Gasteiger partial charge in [-0.3, -0.25) is 0 Å². The zero-order valence-electron chi connectivity index (χ0n) is 20.4.